The minimum absolute atomic E-state index is 0.227. The molecule has 2 atom stereocenters. The number of nitrogens with zero attached hydrogens (tertiary/aromatic N) is 1. The molecule has 2 unspecified atom stereocenters. The van der Waals surface area contributed by atoms with E-state index in [0.717, 1.165) is 18.0 Å². The molecule has 19 heavy (non-hydrogen) atoms. The third-order valence-electron chi connectivity index (χ3n) is 4.31. The van der Waals surface area contributed by atoms with Crippen LogP contribution in [0, 0.1) is 5.92 Å². The van der Waals surface area contributed by atoms with Gasteiger partial charge in [-0.1, -0.05) is 25.8 Å². The molecule has 1 fully saturated rings. The summed E-state index contributed by atoms with van der Waals surface area (Å²) in [4.78, 5) is 2.42. The third kappa shape index (κ3) is 3.41. The lowest BCUT2D eigenvalue weighted by atomic mass is 9.85. The Morgan fingerprint density at radius 3 is 2.68 bits per heavy atom. The quantitative estimate of drug-likeness (QED) is 0.903. The standard InChI is InChI=1S/C16H25NO2/c1-12-6-4-5-7-14(12)17(2)11-13-8-9-16(19-3)15(18)10-13/h8-10,12,14,18H,4-7,11H2,1-3H3. The summed E-state index contributed by atoms with van der Waals surface area (Å²) in [6.45, 7) is 3.23. The molecule has 0 aromatic heterocycles. The molecule has 2 rings (SSSR count). The van der Waals surface area contributed by atoms with Gasteiger partial charge in [0.05, 0.1) is 7.11 Å². The lowest BCUT2D eigenvalue weighted by Crippen LogP contribution is -2.38. The number of hydrogen-bond donors (Lipinski definition) is 1. The number of aromatic hydroxyl groups is 1. The molecular formula is C16H25NO2. The zero-order chi connectivity index (χ0) is 13.8. The van der Waals surface area contributed by atoms with Crippen molar-refractivity contribution in [1.82, 2.24) is 4.90 Å². The van der Waals surface area contributed by atoms with Gasteiger partial charge in [0.15, 0.2) is 11.5 Å². The first-order valence-corrected chi connectivity index (χ1v) is 7.18. The number of benzene rings is 1. The highest BCUT2D eigenvalue weighted by Gasteiger charge is 2.24. The van der Waals surface area contributed by atoms with Crippen molar-refractivity contribution in [2.45, 2.75) is 45.2 Å². The molecule has 1 saturated carbocycles. The first-order chi connectivity index (χ1) is 9.11. The van der Waals surface area contributed by atoms with Crippen molar-refractivity contribution in [3.63, 3.8) is 0 Å². The zero-order valence-corrected chi connectivity index (χ0v) is 12.2. The fourth-order valence-electron chi connectivity index (χ4n) is 3.19. The lowest BCUT2D eigenvalue weighted by Gasteiger charge is -2.36. The van der Waals surface area contributed by atoms with E-state index in [4.69, 9.17) is 4.74 Å². The largest absolute Gasteiger partial charge is 0.504 e. The summed E-state index contributed by atoms with van der Waals surface area (Å²) >= 11 is 0. The van der Waals surface area contributed by atoms with Crippen LogP contribution in [-0.2, 0) is 6.54 Å². The summed E-state index contributed by atoms with van der Waals surface area (Å²) in [5.74, 6) is 1.54. The van der Waals surface area contributed by atoms with E-state index in [0.29, 0.717) is 11.8 Å². The first kappa shape index (κ1) is 14.2. The maximum Gasteiger partial charge on any atom is 0.160 e. The van der Waals surface area contributed by atoms with E-state index in [1.54, 1.807) is 7.11 Å². The molecule has 3 heteroatoms. The molecule has 0 amide bonds. The van der Waals surface area contributed by atoms with E-state index >= 15 is 0 Å². The van der Waals surface area contributed by atoms with Gasteiger partial charge in [-0.2, -0.15) is 0 Å². The molecule has 1 N–H and O–H groups in total. The predicted octanol–water partition coefficient (Wildman–Crippen LogP) is 3.41. The Kier molecular flexibility index (Phi) is 4.70. The topological polar surface area (TPSA) is 32.7 Å². The number of phenols is 1. The SMILES string of the molecule is COc1ccc(CN(C)C2CCCCC2C)cc1O. The highest BCUT2D eigenvalue weighted by molar-refractivity contribution is 5.41. The average molecular weight is 263 g/mol. The summed E-state index contributed by atoms with van der Waals surface area (Å²) in [6.07, 6.45) is 5.34. The van der Waals surface area contributed by atoms with E-state index in [1.165, 1.54) is 25.7 Å². The van der Waals surface area contributed by atoms with Crippen LogP contribution in [-0.4, -0.2) is 30.2 Å². The molecule has 106 valence electrons. The molecule has 0 radical (unpaired) electrons. The molecule has 0 saturated heterocycles. The van der Waals surface area contributed by atoms with Gasteiger partial charge in [-0.3, -0.25) is 4.90 Å². The second-order valence-electron chi connectivity index (χ2n) is 5.75. The number of phenolic OH excluding ortho intramolecular Hbond substituents is 1. The maximum absolute atomic E-state index is 9.82. The summed E-state index contributed by atoms with van der Waals surface area (Å²) in [5, 5.41) is 9.82. The smallest absolute Gasteiger partial charge is 0.160 e. The molecule has 1 aliphatic carbocycles. The van der Waals surface area contributed by atoms with Crippen LogP contribution in [0.2, 0.25) is 0 Å². The van der Waals surface area contributed by atoms with Gasteiger partial charge in [-0.25, -0.2) is 0 Å². The molecular weight excluding hydrogens is 238 g/mol. The zero-order valence-electron chi connectivity index (χ0n) is 12.2. The highest BCUT2D eigenvalue weighted by atomic mass is 16.5. The monoisotopic (exact) mass is 263 g/mol. The Balaban J connectivity index is 2.01. The van der Waals surface area contributed by atoms with Crippen molar-refractivity contribution in [2.75, 3.05) is 14.2 Å². The predicted molar refractivity (Wildman–Crippen MR) is 77.5 cm³/mol. The van der Waals surface area contributed by atoms with Gasteiger partial charge in [0.1, 0.15) is 0 Å². The van der Waals surface area contributed by atoms with Crippen molar-refractivity contribution in [1.29, 1.82) is 0 Å². The fraction of sp³-hybridized carbons (Fsp3) is 0.625. The van der Waals surface area contributed by atoms with Gasteiger partial charge in [0, 0.05) is 12.6 Å². The first-order valence-electron chi connectivity index (χ1n) is 7.18. The van der Waals surface area contributed by atoms with E-state index in [2.05, 4.69) is 18.9 Å². The minimum atomic E-state index is 0.227. The van der Waals surface area contributed by atoms with Crippen molar-refractivity contribution in [3.8, 4) is 11.5 Å². The van der Waals surface area contributed by atoms with E-state index in [9.17, 15) is 5.11 Å². The maximum atomic E-state index is 9.82. The Labute approximate surface area is 116 Å². The van der Waals surface area contributed by atoms with Crippen LogP contribution >= 0.6 is 0 Å². The molecule has 0 aliphatic heterocycles. The summed E-state index contributed by atoms with van der Waals surface area (Å²) < 4.78 is 5.07. The van der Waals surface area contributed by atoms with Gasteiger partial charge < -0.3 is 9.84 Å². The van der Waals surface area contributed by atoms with Crippen LogP contribution in [0.5, 0.6) is 11.5 Å². The summed E-state index contributed by atoms with van der Waals surface area (Å²) in [5.41, 5.74) is 1.14. The molecule has 0 bridgehead atoms. The van der Waals surface area contributed by atoms with E-state index in [1.807, 2.05) is 18.2 Å². The normalized spacial score (nSPS) is 23.6. The second kappa shape index (κ2) is 6.29. The molecule has 1 aromatic rings. The van der Waals surface area contributed by atoms with Crippen LogP contribution in [0.25, 0.3) is 0 Å². The van der Waals surface area contributed by atoms with Crippen LogP contribution in [0.15, 0.2) is 18.2 Å². The van der Waals surface area contributed by atoms with Gasteiger partial charge >= 0.3 is 0 Å². The Hall–Kier alpha value is -1.22. The van der Waals surface area contributed by atoms with Crippen LogP contribution in [0.1, 0.15) is 38.2 Å². The van der Waals surface area contributed by atoms with Gasteiger partial charge in [0.25, 0.3) is 0 Å². The Bertz CT molecular complexity index is 419. The molecule has 1 aromatic carbocycles. The van der Waals surface area contributed by atoms with Crippen molar-refractivity contribution in [2.24, 2.45) is 5.92 Å². The van der Waals surface area contributed by atoms with Crippen molar-refractivity contribution >= 4 is 0 Å². The molecule has 0 heterocycles. The number of rotatable bonds is 4. The van der Waals surface area contributed by atoms with Crippen LogP contribution in [0.4, 0.5) is 0 Å². The average Bonchev–Trinajstić information content (AvgIpc) is 2.39. The van der Waals surface area contributed by atoms with Crippen LogP contribution < -0.4 is 4.74 Å². The lowest BCUT2D eigenvalue weighted by molar-refractivity contribution is 0.133. The number of hydrogen-bond acceptors (Lipinski definition) is 3. The van der Waals surface area contributed by atoms with E-state index < -0.39 is 0 Å². The number of ether oxygens (including phenoxy) is 1. The van der Waals surface area contributed by atoms with Gasteiger partial charge in [0.2, 0.25) is 0 Å². The Morgan fingerprint density at radius 2 is 2.05 bits per heavy atom. The molecule has 1 aliphatic rings. The van der Waals surface area contributed by atoms with Crippen LogP contribution in [0.3, 0.4) is 0 Å². The number of methoxy groups -OCH3 is 1. The summed E-state index contributed by atoms with van der Waals surface area (Å²) in [6, 6.07) is 6.34. The van der Waals surface area contributed by atoms with Crippen molar-refractivity contribution < 1.29 is 9.84 Å². The van der Waals surface area contributed by atoms with E-state index in [-0.39, 0.29) is 5.75 Å². The van der Waals surface area contributed by atoms with Crippen molar-refractivity contribution in [3.05, 3.63) is 23.8 Å². The molecule has 0 spiro atoms. The van der Waals surface area contributed by atoms with Gasteiger partial charge in [-0.15, -0.1) is 0 Å². The summed E-state index contributed by atoms with van der Waals surface area (Å²) in [7, 11) is 3.76. The Morgan fingerprint density at radius 1 is 1.32 bits per heavy atom. The third-order valence-corrected chi connectivity index (χ3v) is 4.31. The second-order valence-corrected chi connectivity index (χ2v) is 5.75. The van der Waals surface area contributed by atoms with Gasteiger partial charge in [-0.05, 0) is 43.5 Å². The minimum Gasteiger partial charge on any atom is -0.504 e. The fourth-order valence-corrected chi connectivity index (χ4v) is 3.19. The highest BCUT2D eigenvalue weighted by Crippen LogP contribution is 2.30. The molecule has 3 nitrogen and oxygen atoms in total.